The first-order valence-corrected chi connectivity index (χ1v) is 8.04. The van der Waals surface area contributed by atoms with Crippen molar-refractivity contribution in [2.24, 2.45) is 5.73 Å². The molecule has 25 heavy (non-hydrogen) atoms. The highest BCUT2D eigenvalue weighted by Gasteiger charge is 2.29. The van der Waals surface area contributed by atoms with E-state index in [2.05, 4.69) is 19.9 Å². The molecule has 132 valence electrons. The summed E-state index contributed by atoms with van der Waals surface area (Å²) in [5.74, 6) is 0.311. The lowest BCUT2D eigenvalue weighted by molar-refractivity contribution is 0.195. The number of ether oxygens (including phenoxy) is 1. The summed E-state index contributed by atoms with van der Waals surface area (Å²) >= 11 is 0. The largest absolute Gasteiger partial charge is 0.467 e. The van der Waals surface area contributed by atoms with Crippen LogP contribution in [0.25, 0.3) is 11.3 Å². The molecule has 3 rings (SSSR count). The van der Waals surface area contributed by atoms with Gasteiger partial charge in [-0.15, -0.1) is 0 Å². The molecule has 2 aromatic heterocycles. The van der Waals surface area contributed by atoms with Crippen LogP contribution in [0.1, 0.15) is 25.7 Å². The van der Waals surface area contributed by atoms with Gasteiger partial charge in [0.1, 0.15) is 0 Å². The van der Waals surface area contributed by atoms with E-state index < -0.39 is 6.09 Å². The van der Waals surface area contributed by atoms with Gasteiger partial charge in [0.15, 0.2) is 5.82 Å². The maximum absolute atomic E-state index is 11.7. The van der Waals surface area contributed by atoms with Gasteiger partial charge in [0.25, 0.3) is 0 Å². The van der Waals surface area contributed by atoms with Crippen LogP contribution in [0.5, 0.6) is 6.01 Å². The third-order valence-corrected chi connectivity index (χ3v) is 4.30. The van der Waals surface area contributed by atoms with E-state index in [4.69, 9.17) is 10.5 Å². The number of amides is 1. The lowest BCUT2D eigenvalue weighted by Crippen LogP contribution is -2.44. The van der Waals surface area contributed by atoms with Gasteiger partial charge in [-0.25, -0.2) is 19.7 Å². The Hall–Kier alpha value is -2.81. The van der Waals surface area contributed by atoms with Gasteiger partial charge in [-0.1, -0.05) is 0 Å². The molecule has 0 saturated heterocycles. The molecule has 0 atom stereocenters. The van der Waals surface area contributed by atoms with Gasteiger partial charge >= 0.3 is 12.1 Å². The maximum atomic E-state index is 11.7. The van der Waals surface area contributed by atoms with Crippen LogP contribution in [0.4, 0.5) is 10.6 Å². The van der Waals surface area contributed by atoms with E-state index in [1.807, 2.05) is 0 Å². The first-order valence-electron chi connectivity index (χ1n) is 8.04. The number of nitrogens with zero attached hydrogens (tertiary/aromatic N) is 5. The van der Waals surface area contributed by atoms with Gasteiger partial charge in [0, 0.05) is 30.0 Å². The summed E-state index contributed by atoms with van der Waals surface area (Å²) < 4.78 is 4.92. The summed E-state index contributed by atoms with van der Waals surface area (Å²) in [4.78, 5) is 29.6. The van der Waals surface area contributed by atoms with Gasteiger partial charge in [-0.2, -0.15) is 0 Å². The zero-order chi connectivity index (χ0) is 17.8. The van der Waals surface area contributed by atoms with Crippen molar-refractivity contribution in [1.82, 2.24) is 19.9 Å². The lowest BCUT2D eigenvalue weighted by atomic mass is 9.91. The number of methoxy groups -OCH3 is 1. The molecule has 9 nitrogen and oxygen atoms in total. The third-order valence-electron chi connectivity index (χ3n) is 4.30. The minimum Gasteiger partial charge on any atom is -0.467 e. The zero-order valence-electron chi connectivity index (χ0n) is 13.9. The SMILES string of the molecule is COc1ncc(-c2cnc(N(C(=O)O)[C@H]3CC[C@H](N)CC3)cn2)cn1. The standard InChI is InChI=1S/C16H20N6O3/c1-25-15-20-6-10(7-21-15)13-8-19-14(9-18-13)22(16(23)24)12-4-2-11(17)3-5-12/h6-9,11-12H,2-5,17H2,1H3,(H,23,24)/t11-,12-. The molecule has 1 aliphatic rings. The monoisotopic (exact) mass is 344 g/mol. The normalized spacial score (nSPS) is 20.1. The fourth-order valence-corrected chi connectivity index (χ4v) is 2.95. The van der Waals surface area contributed by atoms with Gasteiger partial charge in [0.2, 0.25) is 0 Å². The molecule has 1 fully saturated rings. The highest BCUT2D eigenvalue weighted by atomic mass is 16.5. The summed E-state index contributed by atoms with van der Waals surface area (Å²) in [6.07, 6.45) is 8.17. The summed E-state index contributed by atoms with van der Waals surface area (Å²) in [5, 5.41) is 9.58. The Kier molecular flexibility index (Phi) is 5.03. The zero-order valence-corrected chi connectivity index (χ0v) is 13.9. The van der Waals surface area contributed by atoms with Crippen LogP contribution in [0.2, 0.25) is 0 Å². The molecule has 0 radical (unpaired) electrons. The van der Waals surface area contributed by atoms with Crippen molar-refractivity contribution >= 4 is 11.9 Å². The van der Waals surface area contributed by atoms with Crippen LogP contribution in [-0.2, 0) is 0 Å². The van der Waals surface area contributed by atoms with Crippen molar-refractivity contribution in [1.29, 1.82) is 0 Å². The van der Waals surface area contributed by atoms with Gasteiger partial charge in [0.05, 0.1) is 25.2 Å². The Morgan fingerprint density at radius 2 is 1.80 bits per heavy atom. The molecule has 1 saturated carbocycles. The minimum atomic E-state index is -1.03. The van der Waals surface area contributed by atoms with Crippen LogP contribution in [0.15, 0.2) is 24.8 Å². The molecule has 2 aromatic rings. The maximum Gasteiger partial charge on any atom is 0.413 e. The van der Waals surface area contributed by atoms with Crippen LogP contribution >= 0.6 is 0 Å². The highest BCUT2D eigenvalue weighted by molar-refractivity contribution is 5.85. The average molecular weight is 344 g/mol. The fourth-order valence-electron chi connectivity index (χ4n) is 2.95. The van der Waals surface area contributed by atoms with Gasteiger partial charge < -0.3 is 15.6 Å². The predicted octanol–water partition coefficient (Wildman–Crippen LogP) is 1.70. The number of carbonyl (C=O) groups is 1. The Balaban J connectivity index is 1.80. The first kappa shape index (κ1) is 17.0. The first-order chi connectivity index (χ1) is 12.1. The second-order valence-corrected chi connectivity index (χ2v) is 5.94. The number of carboxylic acid groups (broad SMARTS) is 1. The average Bonchev–Trinajstić information content (AvgIpc) is 2.64. The van der Waals surface area contributed by atoms with E-state index >= 15 is 0 Å². The Bertz CT molecular complexity index is 714. The summed E-state index contributed by atoms with van der Waals surface area (Å²) in [5.41, 5.74) is 7.13. The van der Waals surface area contributed by atoms with Crippen molar-refractivity contribution in [3.05, 3.63) is 24.8 Å². The predicted molar refractivity (Wildman–Crippen MR) is 90.3 cm³/mol. The second kappa shape index (κ2) is 7.39. The van der Waals surface area contributed by atoms with Gasteiger partial charge in [-0.05, 0) is 25.7 Å². The summed E-state index contributed by atoms with van der Waals surface area (Å²) in [7, 11) is 1.49. The van der Waals surface area contributed by atoms with Crippen molar-refractivity contribution < 1.29 is 14.6 Å². The van der Waals surface area contributed by atoms with Crippen LogP contribution < -0.4 is 15.4 Å². The third kappa shape index (κ3) is 3.82. The van der Waals surface area contributed by atoms with E-state index in [1.165, 1.54) is 24.4 Å². The molecule has 1 amide bonds. The molecule has 3 N–H and O–H groups in total. The Labute approximate surface area is 144 Å². The Morgan fingerprint density at radius 3 is 2.32 bits per heavy atom. The number of aromatic nitrogens is 4. The molecule has 0 spiro atoms. The number of anilines is 1. The van der Waals surface area contributed by atoms with Crippen molar-refractivity contribution in [3.63, 3.8) is 0 Å². The smallest absolute Gasteiger partial charge is 0.413 e. The minimum absolute atomic E-state index is 0.123. The van der Waals surface area contributed by atoms with E-state index in [0.29, 0.717) is 17.1 Å². The number of nitrogens with two attached hydrogens (primary N) is 1. The van der Waals surface area contributed by atoms with E-state index in [1.54, 1.807) is 12.4 Å². The quantitative estimate of drug-likeness (QED) is 0.858. The van der Waals surface area contributed by atoms with E-state index in [9.17, 15) is 9.90 Å². The lowest BCUT2D eigenvalue weighted by Gasteiger charge is -2.33. The molecule has 2 heterocycles. The molecule has 0 bridgehead atoms. The topological polar surface area (TPSA) is 127 Å². The van der Waals surface area contributed by atoms with Crippen LogP contribution in [0.3, 0.4) is 0 Å². The molecule has 0 aliphatic heterocycles. The molecule has 0 aromatic carbocycles. The van der Waals surface area contributed by atoms with E-state index in [0.717, 1.165) is 25.7 Å². The van der Waals surface area contributed by atoms with Crippen molar-refractivity contribution in [2.75, 3.05) is 12.0 Å². The Morgan fingerprint density at radius 1 is 1.12 bits per heavy atom. The van der Waals surface area contributed by atoms with Crippen LogP contribution in [-0.4, -0.2) is 50.3 Å². The molecule has 0 unspecified atom stereocenters. The summed E-state index contributed by atoms with van der Waals surface area (Å²) in [6.45, 7) is 0. The summed E-state index contributed by atoms with van der Waals surface area (Å²) in [6, 6.07) is 0.290. The number of hydrogen-bond acceptors (Lipinski definition) is 7. The highest BCUT2D eigenvalue weighted by Crippen LogP contribution is 2.26. The molecular formula is C16H20N6O3. The molecular weight excluding hydrogens is 324 g/mol. The van der Waals surface area contributed by atoms with Crippen LogP contribution in [0, 0.1) is 0 Å². The van der Waals surface area contributed by atoms with Gasteiger partial charge in [-0.3, -0.25) is 9.88 Å². The number of hydrogen-bond donors (Lipinski definition) is 2. The van der Waals surface area contributed by atoms with E-state index in [-0.39, 0.29) is 18.1 Å². The number of rotatable bonds is 4. The molecule has 1 aliphatic carbocycles. The van der Waals surface area contributed by atoms with Crippen molar-refractivity contribution in [3.8, 4) is 17.3 Å². The van der Waals surface area contributed by atoms with Crippen molar-refractivity contribution in [2.45, 2.75) is 37.8 Å². The second-order valence-electron chi connectivity index (χ2n) is 5.94. The fraction of sp³-hybridized carbons (Fsp3) is 0.438. The molecule has 9 heteroatoms.